The molecule has 0 saturated carbocycles. The summed E-state index contributed by atoms with van der Waals surface area (Å²) in [4.78, 5) is 11.7. The van der Waals surface area contributed by atoms with Crippen LogP contribution in [0.3, 0.4) is 0 Å². The van der Waals surface area contributed by atoms with Crippen LogP contribution in [0.25, 0.3) is 0 Å². The van der Waals surface area contributed by atoms with Gasteiger partial charge in [0.15, 0.2) is 0 Å². The highest BCUT2D eigenvalue weighted by Gasteiger charge is 2.09. The Balaban J connectivity index is 1.91. The topological polar surface area (TPSA) is 35.5 Å². The number of para-hydroxylation sites is 1. The largest absolute Gasteiger partial charge is 0.514 e. The standard InChI is InChI=1S/C17H18O3/c1-2-8-15-11-6-7-12-16(15)20-17(18)19-13-14-9-4-3-5-10-14/h3-7,9-12H,2,8,13H2,1H3. The van der Waals surface area contributed by atoms with Gasteiger partial charge >= 0.3 is 6.16 Å². The number of benzene rings is 2. The molecule has 20 heavy (non-hydrogen) atoms. The Kier molecular flexibility index (Phi) is 5.18. The van der Waals surface area contributed by atoms with E-state index in [0.717, 1.165) is 24.0 Å². The molecule has 0 spiro atoms. The summed E-state index contributed by atoms with van der Waals surface area (Å²) in [5.74, 6) is 0.576. The van der Waals surface area contributed by atoms with Gasteiger partial charge in [-0.1, -0.05) is 61.9 Å². The fourth-order valence-electron chi connectivity index (χ4n) is 1.92. The summed E-state index contributed by atoms with van der Waals surface area (Å²) >= 11 is 0. The third-order valence-corrected chi connectivity index (χ3v) is 2.88. The van der Waals surface area contributed by atoms with E-state index >= 15 is 0 Å². The monoisotopic (exact) mass is 270 g/mol. The van der Waals surface area contributed by atoms with Gasteiger partial charge in [0.05, 0.1) is 0 Å². The molecule has 0 atom stereocenters. The van der Waals surface area contributed by atoms with Crippen LogP contribution < -0.4 is 4.74 Å². The quantitative estimate of drug-likeness (QED) is 0.598. The van der Waals surface area contributed by atoms with Gasteiger partial charge in [-0.25, -0.2) is 4.79 Å². The molecule has 0 amide bonds. The summed E-state index contributed by atoms with van der Waals surface area (Å²) in [6, 6.07) is 17.1. The van der Waals surface area contributed by atoms with Crippen LogP contribution in [0.2, 0.25) is 0 Å². The van der Waals surface area contributed by atoms with Gasteiger partial charge in [-0.15, -0.1) is 0 Å². The van der Waals surface area contributed by atoms with Crippen molar-refractivity contribution in [3.05, 3.63) is 65.7 Å². The molecule has 0 radical (unpaired) electrons. The second-order valence-electron chi connectivity index (χ2n) is 4.48. The summed E-state index contributed by atoms with van der Waals surface area (Å²) < 4.78 is 10.4. The molecule has 0 aliphatic rings. The molecule has 104 valence electrons. The molecule has 0 aliphatic heterocycles. The maximum Gasteiger partial charge on any atom is 0.514 e. The van der Waals surface area contributed by atoms with Crippen molar-refractivity contribution in [3.63, 3.8) is 0 Å². The number of ether oxygens (including phenoxy) is 2. The molecule has 0 aliphatic carbocycles. The SMILES string of the molecule is CCCc1ccccc1OC(=O)OCc1ccccc1. The van der Waals surface area contributed by atoms with E-state index in [9.17, 15) is 4.79 Å². The molecule has 3 nitrogen and oxygen atoms in total. The van der Waals surface area contributed by atoms with Crippen molar-refractivity contribution in [2.75, 3.05) is 0 Å². The van der Waals surface area contributed by atoms with Crippen LogP contribution in [0.1, 0.15) is 24.5 Å². The molecule has 2 aromatic rings. The number of aryl methyl sites for hydroxylation is 1. The first-order valence-electron chi connectivity index (χ1n) is 6.76. The zero-order chi connectivity index (χ0) is 14.2. The normalized spacial score (nSPS) is 10.1. The van der Waals surface area contributed by atoms with Crippen molar-refractivity contribution in [3.8, 4) is 5.75 Å². The number of rotatable bonds is 5. The second kappa shape index (κ2) is 7.34. The summed E-state index contributed by atoms with van der Waals surface area (Å²) in [6.45, 7) is 2.31. The minimum Gasteiger partial charge on any atom is -0.429 e. The third kappa shape index (κ3) is 4.12. The number of carbonyl (C=O) groups is 1. The van der Waals surface area contributed by atoms with Crippen molar-refractivity contribution in [2.24, 2.45) is 0 Å². The molecular formula is C17H18O3. The highest BCUT2D eigenvalue weighted by molar-refractivity contribution is 5.64. The van der Waals surface area contributed by atoms with Crippen molar-refractivity contribution >= 4 is 6.16 Å². The highest BCUT2D eigenvalue weighted by atomic mass is 16.7. The van der Waals surface area contributed by atoms with Gasteiger partial charge in [0.25, 0.3) is 0 Å². The fourth-order valence-corrected chi connectivity index (χ4v) is 1.92. The lowest BCUT2D eigenvalue weighted by Crippen LogP contribution is -2.11. The summed E-state index contributed by atoms with van der Waals surface area (Å²) in [5, 5.41) is 0. The predicted octanol–water partition coefficient (Wildman–Crippen LogP) is 4.35. The maximum absolute atomic E-state index is 11.7. The van der Waals surface area contributed by atoms with Crippen LogP contribution in [0.4, 0.5) is 4.79 Å². The number of carbonyl (C=O) groups excluding carboxylic acids is 1. The molecule has 0 fully saturated rings. The van der Waals surface area contributed by atoms with E-state index in [4.69, 9.17) is 9.47 Å². The lowest BCUT2D eigenvalue weighted by Gasteiger charge is -2.09. The summed E-state index contributed by atoms with van der Waals surface area (Å²) in [7, 11) is 0. The molecule has 0 saturated heterocycles. The van der Waals surface area contributed by atoms with Gasteiger partial charge in [0, 0.05) is 0 Å². The molecule has 0 heterocycles. The molecule has 0 aromatic heterocycles. The van der Waals surface area contributed by atoms with E-state index in [1.807, 2.05) is 48.5 Å². The van der Waals surface area contributed by atoms with Crippen molar-refractivity contribution < 1.29 is 14.3 Å². The first kappa shape index (κ1) is 14.1. The maximum atomic E-state index is 11.7. The van der Waals surface area contributed by atoms with Gasteiger partial charge < -0.3 is 9.47 Å². The summed E-state index contributed by atoms with van der Waals surface area (Å²) in [5.41, 5.74) is 1.96. The average Bonchev–Trinajstić information content (AvgIpc) is 2.49. The molecule has 3 heteroatoms. The first-order chi connectivity index (χ1) is 9.79. The molecule has 0 bridgehead atoms. The molecular weight excluding hydrogens is 252 g/mol. The molecule has 2 rings (SSSR count). The van der Waals surface area contributed by atoms with E-state index in [0.29, 0.717) is 5.75 Å². The minimum atomic E-state index is -0.669. The second-order valence-corrected chi connectivity index (χ2v) is 4.48. The van der Waals surface area contributed by atoms with Gasteiger partial charge in [-0.3, -0.25) is 0 Å². The predicted molar refractivity (Wildman–Crippen MR) is 77.7 cm³/mol. The van der Waals surface area contributed by atoms with E-state index in [-0.39, 0.29) is 6.61 Å². The Morgan fingerprint density at radius 3 is 2.45 bits per heavy atom. The minimum absolute atomic E-state index is 0.218. The molecule has 0 N–H and O–H groups in total. The van der Waals surface area contributed by atoms with Crippen molar-refractivity contribution in [1.29, 1.82) is 0 Å². The fraction of sp³-hybridized carbons (Fsp3) is 0.235. The zero-order valence-corrected chi connectivity index (χ0v) is 11.5. The first-order valence-corrected chi connectivity index (χ1v) is 6.76. The Morgan fingerprint density at radius 2 is 1.70 bits per heavy atom. The average molecular weight is 270 g/mol. The van der Waals surface area contributed by atoms with Crippen LogP contribution >= 0.6 is 0 Å². The van der Waals surface area contributed by atoms with Gasteiger partial charge in [-0.05, 0) is 23.6 Å². The van der Waals surface area contributed by atoms with Crippen LogP contribution in [-0.2, 0) is 17.8 Å². The Bertz CT molecular complexity index is 549. The highest BCUT2D eigenvalue weighted by Crippen LogP contribution is 2.20. The van der Waals surface area contributed by atoms with E-state index in [1.54, 1.807) is 6.07 Å². The van der Waals surface area contributed by atoms with Crippen molar-refractivity contribution in [1.82, 2.24) is 0 Å². The summed E-state index contributed by atoms with van der Waals surface area (Å²) in [6.07, 6.45) is 1.21. The van der Waals surface area contributed by atoms with Crippen molar-refractivity contribution in [2.45, 2.75) is 26.4 Å². The van der Waals surface area contributed by atoms with Gasteiger partial charge in [-0.2, -0.15) is 0 Å². The van der Waals surface area contributed by atoms with Crippen LogP contribution in [0.15, 0.2) is 54.6 Å². The Labute approximate surface area is 119 Å². The van der Waals surface area contributed by atoms with Gasteiger partial charge in [0.2, 0.25) is 0 Å². The van der Waals surface area contributed by atoms with Crippen LogP contribution in [0, 0.1) is 0 Å². The zero-order valence-electron chi connectivity index (χ0n) is 11.5. The Hall–Kier alpha value is -2.29. The van der Waals surface area contributed by atoms with Crippen LogP contribution in [-0.4, -0.2) is 6.16 Å². The number of hydrogen-bond acceptors (Lipinski definition) is 3. The lowest BCUT2D eigenvalue weighted by molar-refractivity contribution is 0.0924. The van der Waals surface area contributed by atoms with E-state index in [1.165, 1.54) is 0 Å². The lowest BCUT2D eigenvalue weighted by atomic mass is 10.1. The van der Waals surface area contributed by atoms with E-state index in [2.05, 4.69) is 6.92 Å². The van der Waals surface area contributed by atoms with Crippen LogP contribution in [0.5, 0.6) is 5.75 Å². The van der Waals surface area contributed by atoms with Gasteiger partial charge in [0.1, 0.15) is 12.4 Å². The molecule has 0 unspecified atom stereocenters. The smallest absolute Gasteiger partial charge is 0.429 e. The molecule has 2 aromatic carbocycles. The number of hydrogen-bond donors (Lipinski definition) is 0. The van der Waals surface area contributed by atoms with E-state index < -0.39 is 6.16 Å². The Morgan fingerprint density at radius 1 is 1.00 bits per heavy atom. The third-order valence-electron chi connectivity index (χ3n) is 2.88.